The Hall–Kier alpha value is -0.0400. The van der Waals surface area contributed by atoms with Gasteiger partial charge in [0, 0.05) is 6.54 Å². The first-order valence-corrected chi connectivity index (χ1v) is 3.28. The fourth-order valence-corrected chi connectivity index (χ4v) is 0.516. The van der Waals surface area contributed by atoms with Crippen LogP contribution in [0.1, 0.15) is 27.2 Å². The van der Waals surface area contributed by atoms with Crippen LogP contribution >= 0.6 is 0 Å². The van der Waals surface area contributed by atoms with Crippen LogP contribution < -0.4 is 5.32 Å². The zero-order chi connectivity index (χ0) is 6.41. The molecule has 0 heterocycles. The second-order valence-corrected chi connectivity index (χ2v) is 2.43. The van der Waals surface area contributed by atoms with Gasteiger partial charge in [0.15, 0.2) is 0 Å². The molecule has 0 bridgehead atoms. The summed E-state index contributed by atoms with van der Waals surface area (Å²) in [7, 11) is 0. The topological polar surface area (TPSA) is 12.0 Å². The highest BCUT2D eigenvalue weighted by molar-refractivity contribution is 4.54. The van der Waals surface area contributed by atoms with Crippen LogP contribution in [-0.4, -0.2) is 6.54 Å². The van der Waals surface area contributed by atoms with Crippen molar-refractivity contribution in [2.24, 2.45) is 5.92 Å². The van der Waals surface area contributed by atoms with Gasteiger partial charge in [-0.2, -0.15) is 0 Å². The molecule has 0 spiro atoms. The Balaban J connectivity index is 2.72. The van der Waals surface area contributed by atoms with Crippen LogP contribution in [0.15, 0.2) is 0 Å². The molecule has 0 saturated heterocycles. The van der Waals surface area contributed by atoms with Crippen molar-refractivity contribution in [1.82, 2.24) is 5.32 Å². The summed E-state index contributed by atoms with van der Waals surface area (Å²) in [6.07, 6.45) is 1.27. The maximum absolute atomic E-state index is 3.15. The van der Waals surface area contributed by atoms with Crippen LogP contribution in [-0.2, 0) is 0 Å². The monoisotopic (exact) mass is 114 g/mol. The van der Waals surface area contributed by atoms with Gasteiger partial charge in [-0.25, -0.2) is 0 Å². The first-order chi connectivity index (χ1) is 3.77. The van der Waals surface area contributed by atoms with Crippen LogP contribution in [0.5, 0.6) is 0 Å². The minimum absolute atomic E-state index is 0.822. The highest BCUT2D eigenvalue weighted by Gasteiger charge is 1.89. The van der Waals surface area contributed by atoms with Gasteiger partial charge in [-0.05, 0) is 25.8 Å². The summed E-state index contributed by atoms with van der Waals surface area (Å²) in [4.78, 5) is 0. The zero-order valence-electron chi connectivity index (χ0n) is 6.07. The fraction of sp³-hybridized carbons (Fsp3) is 0.857. The smallest absolute Gasteiger partial charge is 0.0190 e. The highest BCUT2D eigenvalue weighted by Crippen LogP contribution is 1.95. The molecular formula is C7H16N. The third kappa shape index (κ3) is 5.96. The van der Waals surface area contributed by atoms with Crippen molar-refractivity contribution in [2.45, 2.75) is 27.2 Å². The summed E-state index contributed by atoms with van der Waals surface area (Å²) in [6.45, 7) is 9.59. The molecule has 0 aromatic heterocycles. The van der Waals surface area contributed by atoms with Crippen molar-refractivity contribution >= 4 is 0 Å². The third-order valence-electron chi connectivity index (χ3n) is 1.07. The molecule has 0 aliphatic carbocycles. The van der Waals surface area contributed by atoms with E-state index < -0.39 is 0 Å². The molecule has 0 aromatic rings. The van der Waals surface area contributed by atoms with Crippen molar-refractivity contribution in [3.63, 3.8) is 0 Å². The van der Waals surface area contributed by atoms with Gasteiger partial charge in [-0.3, -0.25) is 0 Å². The number of rotatable bonds is 4. The van der Waals surface area contributed by atoms with Crippen molar-refractivity contribution in [1.29, 1.82) is 0 Å². The molecule has 1 N–H and O–H groups in total. The second-order valence-electron chi connectivity index (χ2n) is 2.43. The standard InChI is InChI=1S/C7H16N/c1-4-8-6-5-7(2)3/h4,7-8H,5-6H2,1-3H3. The summed E-state index contributed by atoms with van der Waals surface area (Å²) >= 11 is 0. The molecule has 8 heavy (non-hydrogen) atoms. The van der Waals surface area contributed by atoms with Gasteiger partial charge < -0.3 is 5.32 Å². The maximum atomic E-state index is 3.15. The van der Waals surface area contributed by atoms with E-state index in [2.05, 4.69) is 19.2 Å². The van der Waals surface area contributed by atoms with Crippen LogP contribution in [0, 0.1) is 12.5 Å². The molecule has 1 radical (unpaired) electrons. The lowest BCUT2D eigenvalue weighted by Gasteiger charge is -2.02. The molecule has 0 aliphatic rings. The summed E-state index contributed by atoms with van der Waals surface area (Å²) in [6, 6.07) is 0. The predicted molar refractivity (Wildman–Crippen MR) is 37.4 cm³/mol. The lowest BCUT2D eigenvalue weighted by atomic mass is 10.1. The van der Waals surface area contributed by atoms with Gasteiger partial charge in [0.2, 0.25) is 0 Å². The van der Waals surface area contributed by atoms with Crippen molar-refractivity contribution < 1.29 is 0 Å². The Morgan fingerprint density at radius 1 is 1.50 bits per heavy atom. The van der Waals surface area contributed by atoms with Crippen LogP contribution in [0.25, 0.3) is 0 Å². The Bertz CT molecular complexity index is 41.7. The molecule has 0 fully saturated rings. The maximum Gasteiger partial charge on any atom is 0.0190 e. The summed E-state index contributed by atoms with van der Waals surface area (Å²) in [5.74, 6) is 0.822. The normalized spacial score (nSPS) is 10.5. The van der Waals surface area contributed by atoms with E-state index in [9.17, 15) is 0 Å². The lowest BCUT2D eigenvalue weighted by molar-refractivity contribution is 0.562. The molecule has 0 aromatic carbocycles. The van der Waals surface area contributed by atoms with Crippen molar-refractivity contribution in [3.8, 4) is 0 Å². The molecule has 0 aliphatic heterocycles. The average Bonchev–Trinajstić information content (AvgIpc) is 1.66. The SMILES string of the molecule is C[CH]NCCC(C)C. The van der Waals surface area contributed by atoms with Gasteiger partial charge in [-0.1, -0.05) is 13.8 Å². The first-order valence-electron chi connectivity index (χ1n) is 3.28. The molecule has 0 atom stereocenters. The molecule has 1 heteroatoms. The minimum Gasteiger partial charge on any atom is -0.313 e. The fourth-order valence-electron chi connectivity index (χ4n) is 0.516. The highest BCUT2D eigenvalue weighted by atomic mass is 14.8. The van der Waals surface area contributed by atoms with Crippen molar-refractivity contribution in [2.75, 3.05) is 6.54 Å². The quantitative estimate of drug-likeness (QED) is 0.549. The van der Waals surface area contributed by atoms with Crippen LogP contribution in [0.3, 0.4) is 0 Å². The molecule has 1 nitrogen and oxygen atoms in total. The Labute approximate surface area is 52.5 Å². The number of nitrogens with one attached hydrogen (secondary N) is 1. The van der Waals surface area contributed by atoms with Crippen LogP contribution in [0.2, 0.25) is 0 Å². The van der Waals surface area contributed by atoms with E-state index in [4.69, 9.17) is 0 Å². The van der Waals surface area contributed by atoms with Gasteiger partial charge >= 0.3 is 0 Å². The van der Waals surface area contributed by atoms with Gasteiger partial charge in [0.1, 0.15) is 0 Å². The van der Waals surface area contributed by atoms with E-state index >= 15 is 0 Å². The van der Waals surface area contributed by atoms with Gasteiger partial charge in [0.25, 0.3) is 0 Å². The molecule has 0 saturated carbocycles. The first kappa shape index (κ1) is 7.96. The summed E-state index contributed by atoms with van der Waals surface area (Å²) < 4.78 is 0. The molecule has 0 rings (SSSR count). The van der Waals surface area contributed by atoms with E-state index in [0.717, 1.165) is 12.5 Å². The third-order valence-corrected chi connectivity index (χ3v) is 1.07. The number of hydrogen-bond acceptors (Lipinski definition) is 1. The van der Waals surface area contributed by atoms with E-state index in [1.807, 2.05) is 13.5 Å². The van der Waals surface area contributed by atoms with E-state index in [-0.39, 0.29) is 0 Å². The Morgan fingerprint density at radius 2 is 2.12 bits per heavy atom. The average molecular weight is 114 g/mol. The largest absolute Gasteiger partial charge is 0.313 e. The number of hydrogen-bond donors (Lipinski definition) is 1. The minimum atomic E-state index is 0.822. The lowest BCUT2D eigenvalue weighted by Crippen LogP contribution is -2.11. The zero-order valence-corrected chi connectivity index (χ0v) is 6.07. The van der Waals surface area contributed by atoms with E-state index in [1.165, 1.54) is 6.42 Å². The van der Waals surface area contributed by atoms with Crippen molar-refractivity contribution in [3.05, 3.63) is 6.54 Å². The van der Waals surface area contributed by atoms with E-state index in [0.29, 0.717) is 0 Å². The molecule has 0 amide bonds. The molecule has 49 valence electrons. The van der Waals surface area contributed by atoms with Crippen LogP contribution in [0.4, 0.5) is 0 Å². The van der Waals surface area contributed by atoms with E-state index in [1.54, 1.807) is 0 Å². The summed E-state index contributed by atoms with van der Waals surface area (Å²) in [5, 5.41) is 3.15. The van der Waals surface area contributed by atoms with Gasteiger partial charge in [-0.15, -0.1) is 0 Å². The molecular weight excluding hydrogens is 98.1 g/mol. The second kappa shape index (κ2) is 5.10. The molecule has 0 unspecified atom stereocenters. The predicted octanol–water partition coefficient (Wildman–Crippen LogP) is 1.80. The van der Waals surface area contributed by atoms with Gasteiger partial charge in [0.05, 0.1) is 0 Å². The Kier molecular flexibility index (Phi) is 5.08. The summed E-state index contributed by atoms with van der Waals surface area (Å²) in [5.41, 5.74) is 0. The Morgan fingerprint density at radius 3 is 2.50 bits per heavy atom.